The fraction of sp³-hybridized carbons (Fsp3) is 0.444. The number of carbonyl (C=O) groups is 1. The molecule has 0 unspecified atom stereocenters. The summed E-state index contributed by atoms with van der Waals surface area (Å²) in [6, 6.07) is 0. The molecule has 0 bridgehead atoms. The molecule has 0 aliphatic carbocycles. The Labute approximate surface area is 92.5 Å². The van der Waals surface area contributed by atoms with E-state index in [1.165, 1.54) is 17.9 Å². The highest BCUT2D eigenvalue weighted by Crippen LogP contribution is 2.07. The third-order valence-corrected chi connectivity index (χ3v) is 2.40. The van der Waals surface area contributed by atoms with Crippen LogP contribution in [0.5, 0.6) is 0 Å². The zero-order chi connectivity index (χ0) is 11.4. The lowest BCUT2D eigenvalue weighted by molar-refractivity contribution is 0.0705. The SMILES string of the molecule is O=C(NO)c1cnc(N2CCNCC2)nc1. The summed E-state index contributed by atoms with van der Waals surface area (Å²) in [4.78, 5) is 21.2. The molecule has 0 atom stereocenters. The summed E-state index contributed by atoms with van der Waals surface area (Å²) in [5.74, 6) is 0.00264. The summed E-state index contributed by atoms with van der Waals surface area (Å²) in [5.41, 5.74) is 1.78. The van der Waals surface area contributed by atoms with Crippen molar-refractivity contribution in [2.24, 2.45) is 0 Å². The number of aromatic nitrogens is 2. The minimum atomic E-state index is -0.605. The van der Waals surface area contributed by atoms with Gasteiger partial charge >= 0.3 is 0 Å². The van der Waals surface area contributed by atoms with Crippen LogP contribution >= 0.6 is 0 Å². The highest BCUT2D eigenvalue weighted by atomic mass is 16.5. The van der Waals surface area contributed by atoms with Crippen molar-refractivity contribution >= 4 is 11.9 Å². The predicted molar refractivity (Wildman–Crippen MR) is 56.4 cm³/mol. The molecule has 86 valence electrons. The third-order valence-electron chi connectivity index (χ3n) is 2.40. The van der Waals surface area contributed by atoms with Crippen molar-refractivity contribution in [3.63, 3.8) is 0 Å². The first-order valence-corrected chi connectivity index (χ1v) is 5.03. The van der Waals surface area contributed by atoms with E-state index in [9.17, 15) is 4.79 Å². The van der Waals surface area contributed by atoms with Gasteiger partial charge in [0.05, 0.1) is 5.56 Å². The summed E-state index contributed by atoms with van der Waals surface area (Å²) < 4.78 is 0. The molecule has 1 amide bonds. The number of hydrogen-bond donors (Lipinski definition) is 3. The Bertz CT molecular complexity index is 361. The molecule has 1 saturated heterocycles. The molecule has 2 heterocycles. The smallest absolute Gasteiger partial charge is 0.277 e. The second-order valence-electron chi connectivity index (χ2n) is 3.45. The van der Waals surface area contributed by atoms with Crippen molar-refractivity contribution in [2.75, 3.05) is 31.1 Å². The lowest BCUT2D eigenvalue weighted by Gasteiger charge is -2.27. The Morgan fingerprint density at radius 1 is 1.38 bits per heavy atom. The number of hydrogen-bond acceptors (Lipinski definition) is 6. The molecule has 0 aromatic carbocycles. The molecule has 0 radical (unpaired) electrons. The molecule has 0 saturated carbocycles. The van der Waals surface area contributed by atoms with Crippen LogP contribution in [-0.4, -0.2) is 47.3 Å². The molecule has 0 spiro atoms. The number of carbonyl (C=O) groups excluding carboxylic acids is 1. The zero-order valence-corrected chi connectivity index (χ0v) is 8.68. The summed E-state index contributed by atoms with van der Waals surface area (Å²) in [6.07, 6.45) is 2.80. The van der Waals surface area contributed by atoms with Crippen molar-refractivity contribution in [1.82, 2.24) is 20.8 Å². The molecule has 1 aromatic heterocycles. The van der Waals surface area contributed by atoms with Gasteiger partial charge in [0, 0.05) is 38.6 Å². The number of anilines is 1. The highest BCUT2D eigenvalue weighted by Gasteiger charge is 2.13. The van der Waals surface area contributed by atoms with Crippen molar-refractivity contribution in [1.29, 1.82) is 0 Å². The van der Waals surface area contributed by atoms with Crippen LogP contribution in [0.4, 0.5) is 5.95 Å². The standard InChI is InChI=1S/C9H13N5O2/c15-8(13-16)7-5-11-9(12-6-7)14-3-1-10-2-4-14/h5-6,10,16H,1-4H2,(H,13,15). The van der Waals surface area contributed by atoms with Gasteiger partial charge < -0.3 is 10.2 Å². The number of nitrogens with one attached hydrogen (secondary N) is 2. The number of amides is 1. The molecule has 1 aliphatic heterocycles. The van der Waals surface area contributed by atoms with Crippen molar-refractivity contribution in [2.45, 2.75) is 0 Å². The number of piperazine rings is 1. The average Bonchev–Trinajstić information content (AvgIpc) is 2.39. The fourth-order valence-electron chi connectivity index (χ4n) is 1.53. The average molecular weight is 223 g/mol. The minimum absolute atomic E-state index is 0.237. The second kappa shape index (κ2) is 4.86. The Balaban J connectivity index is 2.09. The highest BCUT2D eigenvalue weighted by molar-refractivity contribution is 5.92. The minimum Gasteiger partial charge on any atom is -0.338 e. The largest absolute Gasteiger partial charge is 0.338 e. The first-order chi connectivity index (χ1) is 7.81. The maximum Gasteiger partial charge on any atom is 0.277 e. The van der Waals surface area contributed by atoms with Gasteiger partial charge in [0.1, 0.15) is 0 Å². The molecule has 2 rings (SSSR count). The molecular weight excluding hydrogens is 210 g/mol. The molecule has 16 heavy (non-hydrogen) atoms. The number of nitrogens with zero attached hydrogens (tertiary/aromatic N) is 3. The first-order valence-electron chi connectivity index (χ1n) is 5.03. The Hall–Kier alpha value is -1.73. The van der Waals surface area contributed by atoms with Crippen LogP contribution in [0.15, 0.2) is 12.4 Å². The van der Waals surface area contributed by atoms with Crippen LogP contribution < -0.4 is 15.7 Å². The fourth-order valence-corrected chi connectivity index (χ4v) is 1.53. The molecule has 3 N–H and O–H groups in total. The molecule has 1 aromatic rings. The van der Waals surface area contributed by atoms with E-state index in [4.69, 9.17) is 5.21 Å². The third kappa shape index (κ3) is 2.26. The Morgan fingerprint density at radius 2 is 2.00 bits per heavy atom. The van der Waals surface area contributed by atoms with E-state index in [2.05, 4.69) is 15.3 Å². The van der Waals surface area contributed by atoms with E-state index in [0.29, 0.717) is 5.95 Å². The second-order valence-corrected chi connectivity index (χ2v) is 3.45. The van der Waals surface area contributed by atoms with Gasteiger partial charge in [-0.1, -0.05) is 0 Å². The Morgan fingerprint density at radius 3 is 2.56 bits per heavy atom. The van der Waals surface area contributed by atoms with Crippen LogP contribution in [0.3, 0.4) is 0 Å². The summed E-state index contributed by atoms with van der Waals surface area (Å²) in [7, 11) is 0. The topological polar surface area (TPSA) is 90.4 Å². The maximum atomic E-state index is 11.0. The zero-order valence-electron chi connectivity index (χ0n) is 8.68. The van der Waals surface area contributed by atoms with Crippen LogP contribution in [0.2, 0.25) is 0 Å². The normalized spacial score (nSPS) is 15.9. The van der Waals surface area contributed by atoms with Gasteiger partial charge in [-0.25, -0.2) is 15.4 Å². The lowest BCUT2D eigenvalue weighted by Crippen LogP contribution is -2.44. The van der Waals surface area contributed by atoms with Crippen molar-refractivity contribution in [3.8, 4) is 0 Å². The van der Waals surface area contributed by atoms with E-state index in [-0.39, 0.29) is 5.56 Å². The summed E-state index contributed by atoms with van der Waals surface area (Å²) in [6.45, 7) is 3.52. The van der Waals surface area contributed by atoms with E-state index in [1.807, 2.05) is 4.90 Å². The van der Waals surface area contributed by atoms with Crippen LogP contribution in [0, 0.1) is 0 Å². The van der Waals surface area contributed by atoms with Crippen LogP contribution in [-0.2, 0) is 0 Å². The van der Waals surface area contributed by atoms with E-state index in [0.717, 1.165) is 26.2 Å². The molecule has 1 aliphatic rings. The maximum absolute atomic E-state index is 11.0. The van der Waals surface area contributed by atoms with Crippen molar-refractivity contribution in [3.05, 3.63) is 18.0 Å². The van der Waals surface area contributed by atoms with E-state index < -0.39 is 5.91 Å². The van der Waals surface area contributed by atoms with E-state index in [1.54, 1.807) is 0 Å². The Kier molecular flexibility index (Phi) is 3.28. The monoisotopic (exact) mass is 223 g/mol. The quantitative estimate of drug-likeness (QED) is 0.440. The van der Waals surface area contributed by atoms with Gasteiger partial charge in [-0.05, 0) is 0 Å². The summed E-state index contributed by atoms with van der Waals surface area (Å²) in [5, 5.41) is 11.7. The van der Waals surface area contributed by atoms with Crippen molar-refractivity contribution < 1.29 is 10.0 Å². The molecule has 1 fully saturated rings. The van der Waals surface area contributed by atoms with Gasteiger partial charge in [0.2, 0.25) is 5.95 Å². The van der Waals surface area contributed by atoms with Gasteiger partial charge in [-0.2, -0.15) is 0 Å². The van der Waals surface area contributed by atoms with Crippen LogP contribution in [0.25, 0.3) is 0 Å². The lowest BCUT2D eigenvalue weighted by atomic mass is 10.3. The van der Waals surface area contributed by atoms with E-state index >= 15 is 0 Å². The van der Waals surface area contributed by atoms with Crippen LogP contribution in [0.1, 0.15) is 10.4 Å². The van der Waals surface area contributed by atoms with Gasteiger partial charge in [0.25, 0.3) is 5.91 Å². The number of rotatable bonds is 2. The van der Waals surface area contributed by atoms with Gasteiger partial charge in [-0.15, -0.1) is 0 Å². The number of hydroxylamine groups is 1. The molecule has 7 nitrogen and oxygen atoms in total. The molecular formula is C9H13N5O2. The predicted octanol–water partition coefficient (Wildman–Crippen LogP) is -0.995. The first kappa shape index (κ1) is 10.8. The molecule has 7 heteroatoms. The summed E-state index contributed by atoms with van der Waals surface area (Å²) >= 11 is 0. The van der Waals surface area contributed by atoms with Gasteiger partial charge in [0.15, 0.2) is 0 Å². The van der Waals surface area contributed by atoms with Gasteiger partial charge in [-0.3, -0.25) is 10.0 Å².